The third-order valence-corrected chi connectivity index (χ3v) is 2.14. The lowest BCUT2D eigenvalue weighted by Crippen LogP contribution is -2.31. The van der Waals surface area contributed by atoms with Crippen molar-refractivity contribution >= 4 is 17.6 Å². The van der Waals surface area contributed by atoms with Crippen LogP contribution in [0.5, 0.6) is 0 Å². The summed E-state index contributed by atoms with van der Waals surface area (Å²) >= 11 is 5.26. The van der Waals surface area contributed by atoms with E-state index >= 15 is 0 Å². The standard InChI is InChI=1S/C9H5ClF4O2/c10-5-1-2-6(11)4(7(5)12)3-9(13,14)8(15)16/h1-2H,3H2,(H,15,16). The molecule has 1 aromatic rings. The van der Waals surface area contributed by atoms with Gasteiger partial charge in [-0.15, -0.1) is 0 Å². The summed E-state index contributed by atoms with van der Waals surface area (Å²) in [5.74, 6) is -9.33. The van der Waals surface area contributed by atoms with Gasteiger partial charge in [0.1, 0.15) is 11.6 Å². The predicted octanol–water partition coefficient (Wildman–Crippen LogP) is 2.88. The summed E-state index contributed by atoms with van der Waals surface area (Å²) in [5, 5.41) is 7.58. The van der Waals surface area contributed by atoms with Crippen molar-refractivity contribution in [2.24, 2.45) is 0 Å². The molecule has 0 spiro atoms. The summed E-state index contributed by atoms with van der Waals surface area (Å²) < 4.78 is 51.7. The summed E-state index contributed by atoms with van der Waals surface area (Å²) in [6.45, 7) is 0. The topological polar surface area (TPSA) is 37.3 Å². The van der Waals surface area contributed by atoms with Crippen LogP contribution in [0.1, 0.15) is 5.56 Å². The maximum absolute atomic E-state index is 13.2. The Hall–Kier alpha value is -1.30. The Morgan fingerprint density at radius 1 is 1.38 bits per heavy atom. The van der Waals surface area contributed by atoms with Crippen LogP contribution in [-0.2, 0) is 11.2 Å². The van der Waals surface area contributed by atoms with E-state index in [1.807, 2.05) is 0 Å². The van der Waals surface area contributed by atoms with Crippen molar-refractivity contribution < 1.29 is 27.5 Å². The SMILES string of the molecule is O=C(O)C(F)(F)Cc1c(F)ccc(Cl)c1F. The van der Waals surface area contributed by atoms with Gasteiger partial charge >= 0.3 is 11.9 Å². The van der Waals surface area contributed by atoms with Crippen LogP contribution in [0.25, 0.3) is 0 Å². The Balaban J connectivity index is 3.15. The normalized spacial score (nSPS) is 11.6. The van der Waals surface area contributed by atoms with Crippen molar-refractivity contribution in [2.75, 3.05) is 0 Å². The minimum atomic E-state index is -4.24. The molecule has 0 fully saturated rings. The minimum Gasteiger partial charge on any atom is -0.477 e. The molecule has 0 saturated carbocycles. The highest BCUT2D eigenvalue weighted by Crippen LogP contribution is 2.27. The quantitative estimate of drug-likeness (QED) is 0.667. The Kier molecular flexibility index (Phi) is 3.42. The highest BCUT2D eigenvalue weighted by Gasteiger charge is 2.40. The van der Waals surface area contributed by atoms with Crippen molar-refractivity contribution in [2.45, 2.75) is 12.3 Å². The fraction of sp³-hybridized carbons (Fsp3) is 0.222. The molecule has 2 nitrogen and oxygen atoms in total. The molecule has 16 heavy (non-hydrogen) atoms. The second kappa shape index (κ2) is 4.29. The average Bonchev–Trinajstić information content (AvgIpc) is 2.18. The summed E-state index contributed by atoms with van der Waals surface area (Å²) in [6, 6.07) is 1.55. The molecule has 1 rings (SSSR count). The van der Waals surface area contributed by atoms with E-state index in [-0.39, 0.29) is 0 Å². The number of carbonyl (C=O) groups is 1. The number of carboxylic acids is 1. The van der Waals surface area contributed by atoms with Crippen LogP contribution in [0.4, 0.5) is 17.6 Å². The third kappa shape index (κ3) is 2.44. The predicted molar refractivity (Wildman–Crippen MR) is 47.7 cm³/mol. The fourth-order valence-electron chi connectivity index (χ4n) is 1.03. The van der Waals surface area contributed by atoms with E-state index in [0.29, 0.717) is 6.07 Å². The molecule has 0 unspecified atom stereocenters. The van der Waals surface area contributed by atoms with E-state index in [0.717, 1.165) is 6.07 Å². The first-order valence-corrected chi connectivity index (χ1v) is 4.37. The second-order valence-corrected chi connectivity index (χ2v) is 3.42. The van der Waals surface area contributed by atoms with Gasteiger partial charge in [-0.2, -0.15) is 8.78 Å². The summed E-state index contributed by atoms with van der Waals surface area (Å²) in [7, 11) is 0. The van der Waals surface area contributed by atoms with E-state index in [1.54, 1.807) is 0 Å². The van der Waals surface area contributed by atoms with Gasteiger partial charge in [0.2, 0.25) is 0 Å². The van der Waals surface area contributed by atoms with Crippen LogP contribution in [-0.4, -0.2) is 17.0 Å². The molecule has 0 aliphatic carbocycles. The highest BCUT2D eigenvalue weighted by atomic mass is 35.5. The smallest absolute Gasteiger partial charge is 0.374 e. The molecule has 0 aliphatic heterocycles. The summed E-state index contributed by atoms with van der Waals surface area (Å²) in [6.07, 6.45) is -1.58. The molecular formula is C9H5ClF4O2. The van der Waals surface area contributed by atoms with Gasteiger partial charge in [-0.1, -0.05) is 11.6 Å². The second-order valence-electron chi connectivity index (χ2n) is 3.01. The van der Waals surface area contributed by atoms with Crippen molar-refractivity contribution in [3.63, 3.8) is 0 Å². The highest BCUT2D eigenvalue weighted by molar-refractivity contribution is 6.30. The van der Waals surface area contributed by atoms with E-state index in [2.05, 4.69) is 0 Å². The number of rotatable bonds is 3. The van der Waals surface area contributed by atoms with Crippen LogP contribution >= 0.6 is 11.6 Å². The first kappa shape index (κ1) is 12.8. The molecule has 0 saturated heterocycles. The van der Waals surface area contributed by atoms with E-state index < -0.39 is 40.5 Å². The van der Waals surface area contributed by atoms with Crippen LogP contribution in [0, 0.1) is 11.6 Å². The van der Waals surface area contributed by atoms with Crippen LogP contribution in [0.3, 0.4) is 0 Å². The molecule has 0 heterocycles. The number of alkyl halides is 2. The maximum atomic E-state index is 13.2. The van der Waals surface area contributed by atoms with Gasteiger partial charge in [0.25, 0.3) is 0 Å². The zero-order valence-corrected chi connectivity index (χ0v) is 8.36. The number of aliphatic carboxylic acids is 1. The van der Waals surface area contributed by atoms with Gasteiger partial charge in [0.05, 0.1) is 11.4 Å². The lowest BCUT2D eigenvalue weighted by atomic mass is 10.1. The molecule has 0 amide bonds. The number of carboxylic acid groups (broad SMARTS) is 1. The zero-order chi connectivity index (χ0) is 12.5. The Bertz CT molecular complexity index is 434. The third-order valence-electron chi connectivity index (χ3n) is 1.85. The first-order valence-electron chi connectivity index (χ1n) is 3.99. The fourth-order valence-corrected chi connectivity index (χ4v) is 1.21. The number of halogens is 5. The maximum Gasteiger partial charge on any atom is 0.374 e. The van der Waals surface area contributed by atoms with Gasteiger partial charge in [-0.05, 0) is 12.1 Å². The first-order chi connectivity index (χ1) is 7.25. The molecule has 0 aromatic heterocycles. The van der Waals surface area contributed by atoms with Crippen LogP contribution in [0.2, 0.25) is 5.02 Å². The van der Waals surface area contributed by atoms with E-state index in [1.165, 1.54) is 0 Å². The molecule has 7 heteroatoms. The Labute approximate surface area is 92.4 Å². The molecule has 1 aromatic carbocycles. The average molecular weight is 257 g/mol. The van der Waals surface area contributed by atoms with Gasteiger partial charge in [0.15, 0.2) is 0 Å². The molecule has 88 valence electrons. The van der Waals surface area contributed by atoms with Gasteiger partial charge in [-0.3, -0.25) is 0 Å². The lowest BCUT2D eigenvalue weighted by Gasteiger charge is -2.12. The molecule has 0 bridgehead atoms. The van der Waals surface area contributed by atoms with Crippen molar-refractivity contribution in [3.8, 4) is 0 Å². The number of hydrogen-bond acceptors (Lipinski definition) is 1. The van der Waals surface area contributed by atoms with Gasteiger partial charge in [-0.25, -0.2) is 13.6 Å². The molecular weight excluding hydrogens is 252 g/mol. The monoisotopic (exact) mass is 256 g/mol. The number of hydrogen-bond donors (Lipinski definition) is 1. The summed E-state index contributed by atoms with van der Waals surface area (Å²) in [5.41, 5.74) is -1.04. The van der Waals surface area contributed by atoms with Crippen LogP contribution < -0.4 is 0 Å². The lowest BCUT2D eigenvalue weighted by molar-refractivity contribution is -0.164. The minimum absolute atomic E-state index is 0.544. The van der Waals surface area contributed by atoms with Crippen molar-refractivity contribution in [3.05, 3.63) is 34.4 Å². The van der Waals surface area contributed by atoms with Crippen LogP contribution in [0.15, 0.2) is 12.1 Å². The molecule has 0 aliphatic rings. The molecule has 0 radical (unpaired) electrons. The zero-order valence-electron chi connectivity index (χ0n) is 7.61. The van der Waals surface area contributed by atoms with E-state index in [4.69, 9.17) is 16.7 Å². The van der Waals surface area contributed by atoms with E-state index in [9.17, 15) is 22.4 Å². The Morgan fingerprint density at radius 2 is 1.94 bits per heavy atom. The largest absolute Gasteiger partial charge is 0.477 e. The molecule has 1 N–H and O–H groups in total. The Morgan fingerprint density at radius 3 is 2.44 bits per heavy atom. The van der Waals surface area contributed by atoms with Crippen molar-refractivity contribution in [1.29, 1.82) is 0 Å². The van der Waals surface area contributed by atoms with Gasteiger partial charge in [0, 0.05) is 5.56 Å². The summed E-state index contributed by atoms with van der Waals surface area (Å²) in [4.78, 5) is 10.1. The van der Waals surface area contributed by atoms with Crippen molar-refractivity contribution in [1.82, 2.24) is 0 Å². The number of benzene rings is 1. The van der Waals surface area contributed by atoms with Gasteiger partial charge < -0.3 is 5.11 Å². The molecule has 0 atom stereocenters.